The van der Waals surface area contributed by atoms with E-state index in [2.05, 4.69) is 4.98 Å². The SMILES string of the molecule is COc1ccc(C(N)=O)c(O[C@@H](C)C(=O)c2[nH]c(C)c(C(C)=O)c2C)c1. The number of carbonyl (C=O) groups excluding carboxylic acids is 3. The molecule has 138 valence electrons. The van der Waals surface area contributed by atoms with Crippen molar-refractivity contribution >= 4 is 17.5 Å². The summed E-state index contributed by atoms with van der Waals surface area (Å²) in [6, 6.07) is 4.56. The fourth-order valence-corrected chi connectivity index (χ4v) is 2.90. The Balaban J connectivity index is 2.35. The largest absolute Gasteiger partial charge is 0.497 e. The normalized spacial score (nSPS) is 11.7. The molecular formula is C19H22N2O5. The Bertz CT molecular complexity index is 882. The van der Waals surface area contributed by atoms with Crippen molar-refractivity contribution in [1.29, 1.82) is 0 Å². The van der Waals surface area contributed by atoms with Crippen molar-refractivity contribution in [3.8, 4) is 11.5 Å². The maximum absolute atomic E-state index is 12.8. The smallest absolute Gasteiger partial charge is 0.252 e. The van der Waals surface area contributed by atoms with E-state index in [0.717, 1.165) is 0 Å². The number of ketones is 2. The second-order valence-electron chi connectivity index (χ2n) is 6.03. The number of rotatable bonds is 7. The van der Waals surface area contributed by atoms with E-state index < -0.39 is 12.0 Å². The molecule has 0 aliphatic heterocycles. The number of methoxy groups -OCH3 is 1. The van der Waals surface area contributed by atoms with Gasteiger partial charge < -0.3 is 20.2 Å². The zero-order valence-corrected chi connectivity index (χ0v) is 15.4. The Morgan fingerprint density at radius 1 is 1.19 bits per heavy atom. The van der Waals surface area contributed by atoms with Crippen molar-refractivity contribution in [2.45, 2.75) is 33.8 Å². The second kappa shape index (κ2) is 7.43. The summed E-state index contributed by atoms with van der Waals surface area (Å²) >= 11 is 0. The van der Waals surface area contributed by atoms with Gasteiger partial charge in [-0.25, -0.2) is 0 Å². The third kappa shape index (κ3) is 3.61. The van der Waals surface area contributed by atoms with Crippen LogP contribution in [0.15, 0.2) is 18.2 Å². The molecule has 0 saturated carbocycles. The molecule has 1 aromatic carbocycles. The van der Waals surface area contributed by atoms with E-state index in [1.165, 1.54) is 26.2 Å². The van der Waals surface area contributed by atoms with Gasteiger partial charge in [0.1, 0.15) is 11.5 Å². The van der Waals surface area contributed by atoms with Gasteiger partial charge in [0.05, 0.1) is 18.4 Å². The molecule has 1 atom stereocenters. The van der Waals surface area contributed by atoms with Crippen molar-refractivity contribution in [1.82, 2.24) is 4.98 Å². The number of nitrogens with one attached hydrogen (secondary N) is 1. The van der Waals surface area contributed by atoms with Crippen LogP contribution in [0.2, 0.25) is 0 Å². The van der Waals surface area contributed by atoms with Crippen LogP contribution in [0.25, 0.3) is 0 Å². The van der Waals surface area contributed by atoms with Crippen LogP contribution in [0.5, 0.6) is 11.5 Å². The lowest BCUT2D eigenvalue weighted by molar-refractivity contribution is 0.0805. The van der Waals surface area contributed by atoms with Gasteiger partial charge in [0.2, 0.25) is 5.78 Å². The number of carbonyl (C=O) groups is 3. The molecule has 0 aliphatic rings. The van der Waals surface area contributed by atoms with Crippen molar-refractivity contribution in [2.75, 3.05) is 7.11 Å². The van der Waals surface area contributed by atoms with E-state index in [1.807, 2.05) is 0 Å². The first-order valence-corrected chi connectivity index (χ1v) is 8.06. The van der Waals surface area contributed by atoms with Gasteiger partial charge in [-0.15, -0.1) is 0 Å². The number of nitrogens with two attached hydrogens (primary N) is 1. The molecular weight excluding hydrogens is 336 g/mol. The number of hydrogen-bond acceptors (Lipinski definition) is 5. The highest BCUT2D eigenvalue weighted by atomic mass is 16.5. The molecule has 2 aromatic rings. The predicted molar refractivity (Wildman–Crippen MR) is 96.2 cm³/mol. The van der Waals surface area contributed by atoms with Gasteiger partial charge >= 0.3 is 0 Å². The van der Waals surface area contributed by atoms with Crippen molar-refractivity contribution in [3.05, 3.63) is 46.3 Å². The number of aryl methyl sites for hydroxylation is 1. The minimum absolute atomic E-state index is 0.118. The van der Waals surface area contributed by atoms with Crippen LogP contribution in [-0.4, -0.2) is 35.7 Å². The molecule has 0 unspecified atom stereocenters. The molecule has 7 heteroatoms. The lowest BCUT2D eigenvalue weighted by Crippen LogP contribution is -2.26. The molecule has 0 saturated heterocycles. The van der Waals surface area contributed by atoms with Gasteiger partial charge in [-0.1, -0.05) is 0 Å². The molecule has 0 fully saturated rings. The zero-order valence-electron chi connectivity index (χ0n) is 15.4. The number of hydrogen-bond donors (Lipinski definition) is 2. The van der Waals surface area contributed by atoms with Gasteiger partial charge in [0.25, 0.3) is 5.91 Å². The Kier molecular flexibility index (Phi) is 5.50. The fourth-order valence-electron chi connectivity index (χ4n) is 2.90. The number of aromatic nitrogens is 1. The Morgan fingerprint density at radius 3 is 2.35 bits per heavy atom. The standard InChI is InChI=1S/C19H22N2O5/c1-9-16(11(3)22)10(2)21-17(9)18(23)12(4)26-15-8-13(25-5)6-7-14(15)19(20)24/h6-8,12,21H,1-5H3,(H2,20,24)/t12-/m0/s1. The van der Waals surface area contributed by atoms with Crippen LogP contribution in [0.4, 0.5) is 0 Å². The number of aromatic amines is 1. The third-order valence-corrected chi connectivity index (χ3v) is 4.16. The Morgan fingerprint density at radius 2 is 1.85 bits per heavy atom. The zero-order chi connectivity index (χ0) is 19.6. The number of primary amides is 1. The first-order chi connectivity index (χ1) is 12.2. The lowest BCUT2D eigenvalue weighted by atomic mass is 10.0. The highest BCUT2D eigenvalue weighted by Crippen LogP contribution is 2.27. The van der Waals surface area contributed by atoms with Crippen LogP contribution >= 0.6 is 0 Å². The molecule has 0 aliphatic carbocycles. The monoisotopic (exact) mass is 358 g/mol. The van der Waals surface area contributed by atoms with Crippen LogP contribution in [0, 0.1) is 13.8 Å². The van der Waals surface area contributed by atoms with E-state index in [1.54, 1.807) is 26.8 Å². The minimum Gasteiger partial charge on any atom is -0.497 e. The number of H-pyrrole nitrogens is 1. The molecule has 2 rings (SSSR count). The third-order valence-electron chi connectivity index (χ3n) is 4.16. The van der Waals surface area contributed by atoms with Crippen molar-refractivity contribution in [3.63, 3.8) is 0 Å². The van der Waals surface area contributed by atoms with Crippen LogP contribution in [0.1, 0.15) is 56.3 Å². The maximum atomic E-state index is 12.8. The molecule has 3 N–H and O–H groups in total. The van der Waals surface area contributed by atoms with E-state index in [0.29, 0.717) is 28.3 Å². The van der Waals surface area contributed by atoms with E-state index >= 15 is 0 Å². The highest BCUT2D eigenvalue weighted by molar-refractivity contribution is 6.05. The summed E-state index contributed by atoms with van der Waals surface area (Å²) in [4.78, 5) is 39.1. The fraction of sp³-hybridized carbons (Fsp3) is 0.316. The minimum atomic E-state index is -0.906. The van der Waals surface area contributed by atoms with Gasteiger partial charge in [-0.2, -0.15) is 0 Å². The summed E-state index contributed by atoms with van der Waals surface area (Å²) in [5.74, 6) is -0.502. The van der Waals surface area contributed by atoms with Gasteiger partial charge in [-0.05, 0) is 45.4 Å². The first kappa shape index (κ1) is 19.2. The number of benzene rings is 1. The Hall–Kier alpha value is -3.09. The summed E-state index contributed by atoms with van der Waals surface area (Å²) in [6.07, 6.45) is -0.906. The number of Topliss-reactive ketones (excluding diaryl/α,β-unsaturated/α-hetero) is 2. The molecule has 1 amide bonds. The van der Waals surface area contributed by atoms with E-state index in [-0.39, 0.29) is 22.9 Å². The molecule has 26 heavy (non-hydrogen) atoms. The summed E-state index contributed by atoms with van der Waals surface area (Å²) < 4.78 is 10.8. The van der Waals surface area contributed by atoms with Crippen LogP contribution in [-0.2, 0) is 0 Å². The lowest BCUT2D eigenvalue weighted by Gasteiger charge is -2.16. The molecule has 0 bridgehead atoms. The molecule has 1 heterocycles. The van der Waals surface area contributed by atoms with Gasteiger partial charge in [-0.3, -0.25) is 14.4 Å². The summed E-state index contributed by atoms with van der Waals surface area (Å²) in [5.41, 5.74) is 7.53. The van der Waals surface area contributed by atoms with Gasteiger partial charge in [0.15, 0.2) is 11.9 Å². The average Bonchev–Trinajstić information content (AvgIpc) is 2.88. The maximum Gasteiger partial charge on any atom is 0.252 e. The average molecular weight is 358 g/mol. The summed E-state index contributed by atoms with van der Waals surface area (Å²) in [6.45, 7) is 6.46. The molecule has 0 radical (unpaired) electrons. The van der Waals surface area contributed by atoms with E-state index in [9.17, 15) is 14.4 Å². The molecule has 0 spiro atoms. The van der Waals surface area contributed by atoms with Crippen molar-refractivity contribution < 1.29 is 23.9 Å². The summed E-state index contributed by atoms with van der Waals surface area (Å²) in [5, 5.41) is 0. The quantitative estimate of drug-likeness (QED) is 0.739. The van der Waals surface area contributed by atoms with Crippen molar-refractivity contribution in [2.24, 2.45) is 5.73 Å². The van der Waals surface area contributed by atoms with Crippen LogP contribution < -0.4 is 15.2 Å². The molecule has 7 nitrogen and oxygen atoms in total. The van der Waals surface area contributed by atoms with Gasteiger partial charge in [0, 0.05) is 17.3 Å². The Labute approximate surface area is 151 Å². The highest BCUT2D eigenvalue weighted by Gasteiger charge is 2.26. The number of ether oxygens (including phenoxy) is 2. The second-order valence-corrected chi connectivity index (χ2v) is 6.03. The topological polar surface area (TPSA) is 111 Å². The summed E-state index contributed by atoms with van der Waals surface area (Å²) in [7, 11) is 1.48. The van der Waals surface area contributed by atoms with Crippen LogP contribution in [0.3, 0.4) is 0 Å². The number of amides is 1. The first-order valence-electron chi connectivity index (χ1n) is 8.06. The molecule has 1 aromatic heterocycles. The van der Waals surface area contributed by atoms with E-state index in [4.69, 9.17) is 15.2 Å². The predicted octanol–water partition coefficient (Wildman–Crippen LogP) is 2.59.